The van der Waals surface area contributed by atoms with Crippen LogP contribution in [0.5, 0.6) is 0 Å². The minimum Gasteiger partial charge on any atom is -0.289 e. The van der Waals surface area contributed by atoms with Crippen LogP contribution in [0.4, 0.5) is 0 Å². The summed E-state index contributed by atoms with van der Waals surface area (Å²) in [6, 6.07) is 2.11. The van der Waals surface area contributed by atoms with Gasteiger partial charge in [0.2, 0.25) is 0 Å². The van der Waals surface area contributed by atoms with Crippen molar-refractivity contribution >= 4 is 6.21 Å². The van der Waals surface area contributed by atoms with E-state index in [9.17, 15) is 0 Å². The molecule has 0 aromatic rings. The number of nitriles is 1. The number of hydrogen-bond donors (Lipinski definition) is 0. The largest absolute Gasteiger partial charge is 0.289 e. The van der Waals surface area contributed by atoms with E-state index in [1.54, 1.807) is 6.21 Å². The fourth-order valence-electron chi connectivity index (χ4n) is 0.640. The molecule has 0 saturated heterocycles. The van der Waals surface area contributed by atoms with Crippen LogP contribution in [-0.4, -0.2) is 12.8 Å². The second-order valence-corrected chi connectivity index (χ2v) is 2.23. The number of hydrogen-bond acceptors (Lipinski definition) is 2. The van der Waals surface area contributed by atoms with Crippen LogP contribution < -0.4 is 0 Å². The normalized spacial score (nSPS) is 12.6. The van der Waals surface area contributed by atoms with Crippen molar-refractivity contribution in [3.8, 4) is 6.07 Å². The zero-order valence-electron chi connectivity index (χ0n) is 7.62. The average molecular weight is 162 g/mol. The van der Waals surface area contributed by atoms with Crippen LogP contribution in [0.25, 0.3) is 0 Å². The van der Waals surface area contributed by atoms with Crippen molar-refractivity contribution in [1.82, 2.24) is 0 Å². The number of rotatable bonds is 4. The van der Waals surface area contributed by atoms with Gasteiger partial charge in [0, 0.05) is 11.8 Å². The second-order valence-electron chi connectivity index (χ2n) is 2.23. The minimum atomic E-state index is 0.598. The lowest BCUT2D eigenvalue weighted by atomic mass is 10.2. The van der Waals surface area contributed by atoms with Gasteiger partial charge in [-0.15, -0.1) is 0 Å². The highest BCUT2D eigenvalue weighted by Gasteiger charge is 1.86. The molecule has 0 aromatic carbocycles. The van der Waals surface area contributed by atoms with Crippen molar-refractivity contribution in [3.05, 3.63) is 23.8 Å². The van der Waals surface area contributed by atoms with Gasteiger partial charge in [-0.25, -0.2) is 0 Å². The Balaban J connectivity index is 3.81. The monoisotopic (exact) mass is 162 g/mol. The van der Waals surface area contributed by atoms with E-state index in [1.165, 1.54) is 0 Å². The summed E-state index contributed by atoms with van der Waals surface area (Å²) in [6.07, 6.45) is 8.15. The van der Waals surface area contributed by atoms with Crippen LogP contribution in [0, 0.1) is 11.3 Å². The summed E-state index contributed by atoms with van der Waals surface area (Å²) in [6.45, 7) is 4.50. The Morgan fingerprint density at radius 2 is 2.33 bits per heavy atom. The predicted molar refractivity (Wildman–Crippen MR) is 52.2 cm³/mol. The van der Waals surface area contributed by atoms with Crippen LogP contribution in [-0.2, 0) is 0 Å². The first-order valence-electron chi connectivity index (χ1n) is 4.05. The molecule has 0 fully saturated rings. The Bertz CT molecular complexity index is 229. The maximum atomic E-state index is 8.54. The molecule has 0 amide bonds. The molecule has 0 saturated carbocycles. The number of nitrogens with zero attached hydrogens (tertiary/aromatic N) is 2. The van der Waals surface area contributed by atoms with Crippen molar-refractivity contribution in [2.24, 2.45) is 4.99 Å². The van der Waals surface area contributed by atoms with Gasteiger partial charge in [-0.05, 0) is 25.5 Å². The average Bonchev–Trinajstić information content (AvgIpc) is 2.11. The molecule has 0 bridgehead atoms. The zero-order chi connectivity index (χ0) is 9.23. The third-order valence-electron chi connectivity index (χ3n) is 1.35. The van der Waals surface area contributed by atoms with Gasteiger partial charge in [-0.2, -0.15) is 5.26 Å². The summed E-state index contributed by atoms with van der Waals surface area (Å²) in [5, 5.41) is 8.54. The Hall–Kier alpha value is -1.36. The fraction of sp³-hybridized carbons (Fsp3) is 0.400. The quantitative estimate of drug-likeness (QED) is 0.462. The van der Waals surface area contributed by atoms with E-state index in [-0.39, 0.29) is 0 Å². The molecule has 0 N–H and O–H groups in total. The van der Waals surface area contributed by atoms with E-state index in [2.05, 4.69) is 11.1 Å². The molecule has 12 heavy (non-hydrogen) atoms. The van der Waals surface area contributed by atoms with Crippen molar-refractivity contribution in [1.29, 1.82) is 5.26 Å². The topological polar surface area (TPSA) is 36.1 Å². The first kappa shape index (κ1) is 10.6. The van der Waals surface area contributed by atoms with Crippen molar-refractivity contribution in [2.45, 2.75) is 20.3 Å². The lowest BCUT2D eigenvalue weighted by molar-refractivity contribution is 1.12. The molecule has 0 aromatic heterocycles. The minimum absolute atomic E-state index is 0.598. The van der Waals surface area contributed by atoms with Gasteiger partial charge < -0.3 is 0 Å². The molecule has 0 aliphatic rings. The van der Waals surface area contributed by atoms with E-state index in [0.29, 0.717) is 6.54 Å². The smallest absolute Gasteiger partial charge is 0.0944 e. The molecule has 0 heterocycles. The third-order valence-corrected chi connectivity index (χ3v) is 1.35. The molecular weight excluding hydrogens is 148 g/mol. The van der Waals surface area contributed by atoms with E-state index in [0.717, 1.165) is 12.0 Å². The van der Waals surface area contributed by atoms with Crippen LogP contribution in [0.2, 0.25) is 0 Å². The third kappa shape index (κ3) is 5.43. The van der Waals surface area contributed by atoms with Gasteiger partial charge in [0.05, 0.1) is 12.6 Å². The molecule has 64 valence electrons. The Labute approximate surface area is 73.9 Å². The highest BCUT2D eigenvalue weighted by Crippen LogP contribution is 1.96. The molecule has 0 aliphatic carbocycles. The summed E-state index contributed by atoms with van der Waals surface area (Å²) >= 11 is 0. The van der Waals surface area contributed by atoms with E-state index < -0.39 is 0 Å². The van der Waals surface area contributed by atoms with Gasteiger partial charge in [0.15, 0.2) is 0 Å². The number of allylic oxidation sites excluding steroid dienone is 3. The van der Waals surface area contributed by atoms with Crippen molar-refractivity contribution < 1.29 is 0 Å². The van der Waals surface area contributed by atoms with E-state index >= 15 is 0 Å². The number of aliphatic imine (C=N–C) groups is 1. The van der Waals surface area contributed by atoms with Gasteiger partial charge in [-0.1, -0.05) is 13.0 Å². The van der Waals surface area contributed by atoms with Gasteiger partial charge in [0.1, 0.15) is 0 Å². The Morgan fingerprint density at radius 1 is 1.58 bits per heavy atom. The molecule has 2 nitrogen and oxygen atoms in total. The first-order chi connectivity index (χ1) is 5.85. The van der Waals surface area contributed by atoms with Gasteiger partial charge in [-0.3, -0.25) is 4.99 Å². The molecule has 0 rings (SSSR count). The summed E-state index contributed by atoms with van der Waals surface area (Å²) in [4.78, 5) is 4.06. The van der Waals surface area contributed by atoms with Crippen LogP contribution in [0.3, 0.4) is 0 Å². The molecule has 0 aliphatic heterocycles. The highest BCUT2D eigenvalue weighted by atomic mass is 14.7. The standard InChI is InChI=1S/C10H14N2/c1-3-5-7-12-8-6-10(4-2)9-11/h3,5-7H,4,8H2,1-2H3. The van der Waals surface area contributed by atoms with Crippen LogP contribution in [0.15, 0.2) is 28.8 Å². The van der Waals surface area contributed by atoms with Gasteiger partial charge >= 0.3 is 0 Å². The predicted octanol–water partition coefficient (Wildman–Crippen LogP) is 2.49. The van der Waals surface area contributed by atoms with Crippen LogP contribution in [0.1, 0.15) is 20.3 Å². The summed E-state index contributed by atoms with van der Waals surface area (Å²) in [5.41, 5.74) is 0.799. The van der Waals surface area contributed by atoms with E-state index in [4.69, 9.17) is 5.26 Å². The lowest BCUT2D eigenvalue weighted by Gasteiger charge is -1.87. The summed E-state index contributed by atoms with van der Waals surface area (Å²) in [5.74, 6) is 0. The van der Waals surface area contributed by atoms with Gasteiger partial charge in [0.25, 0.3) is 0 Å². The van der Waals surface area contributed by atoms with Crippen molar-refractivity contribution in [2.75, 3.05) is 6.54 Å². The maximum absolute atomic E-state index is 8.54. The highest BCUT2D eigenvalue weighted by molar-refractivity contribution is 5.70. The van der Waals surface area contributed by atoms with E-state index in [1.807, 2.05) is 32.1 Å². The van der Waals surface area contributed by atoms with Crippen LogP contribution >= 0.6 is 0 Å². The lowest BCUT2D eigenvalue weighted by Crippen LogP contribution is -1.79. The molecule has 0 atom stereocenters. The summed E-state index contributed by atoms with van der Waals surface area (Å²) in [7, 11) is 0. The maximum Gasteiger partial charge on any atom is 0.0944 e. The molecular formula is C10H14N2. The molecule has 0 spiro atoms. The summed E-state index contributed by atoms with van der Waals surface area (Å²) < 4.78 is 0. The Kier molecular flexibility index (Phi) is 6.87. The molecule has 2 heteroatoms. The Morgan fingerprint density at radius 3 is 2.83 bits per heavy atom. The first-order valence-corrected chi connectivity index (χ1v) is 4.05. The second kappa shape index (κ2) is 7.74. The van der Waals surface area contributed by atoms with Crippen molar-refractivity contribution in [3.63, 3.8) is 0 Å². The SMILES string of the molecule is CC=CC=NCC=C(C#N)CC. The molecule has 0 unspecified atom stereocenters. The fourth-order valence-corrected chi connectivity index (χ4v) is 0.640. The molecule has 0 radical (unpaired) electrons. The zero-order valence-corrected chi connectivity index (χ0v) is 7.62.